The minimum atomic E-state index is -0.469. The van der Waals surface area contributed by atoms with E-state index in [4.69, 9.17) is 0 Å². The molecule has 2 fully saturated rings. The van der Waals surface area contributed by atoms with Crippen molar-refractivity contribution >= 4 is 77.4 Å². The molecule has 0 amide bonds. The van der Waals surface area contributed by atoms with Crippen molar-refractivity contribution in [3.63, 3.8) is 0 Å². The van der Waals surface area contributed by atoms with E-state index in [0.29, 0.717) is 22.0 Å². The highest BCUT2D eigenvalue weighted by atomic mass is 79.9. The number of rotatable bonds is 18. The topological polar surface area (TPSA) is 98.8 Å². The van der Waals surface area contributed by atoms with E-state index >= 15 is 0 Å². The van der Waals surface area contributed by atoms with E-state index in [1.165, 1.54) is 103 Å². The Morgan fingerprint density at radius 3 is 1.05 bits per heavy atom. The molecular weight excluding hydrogens is 1340 g/mol. The van der Waals surface area contributed by atoms with Gasteiger partial charge < -0.3 is 9.80 Å². The molecule has 0 unspecified atom stereocenters. The van der Waals surface area contributed by atoms with E-state index in [1.807, 2.05) is 12.1 Å². The summed E-state index contributed by atoms with van der Waals surface area (Å²) >= 11 is 7.24. The Kier molecular flexibility index (Phi) is 17.7. The molecule has 2 aliphatic carbocycles. The molecule has 0 saturated heterocycles. The minimum Gasteiger partial charge on any atom is -0.339 e. The lowest BCUT2D eigenvalue weighted by molar-refractivity contribution is -0.406. The highest BCUT2D eigenvalue weighted by Crippen LogP contribution is 2.57. The quantitative estimate of drug-likeness (QED) is 0.0482. The molecule has 0 bridgehead atoms. The van der Waals surface area contributed by atoms with Crippen molar-refractivity contribution in [1.29, 1.82) is 0 Å². The number of halogens is 2. The van der Waals surface area contributed by atoms with E-state index in [0.717, 1.165) is 88.4 Å². The summed E-state index contributed by atoms with van der Waals surface area (Å²) in [7, 11) is 4.18. The van der Waals surface area contributed by atoms with Crippen LogP contribution in [0, 0.1) is 20.2 Å². The van der Waals surface area contributed by atoms with Gasteiger partial charge in [0.15, 0.2) is 11.4 Å². The number of allylic oxidation sites excluding steroid dienone is 8. The van der Waals surface area contributed by atoms with Gasteiger partial charge in [-0.15, -0.1) is 0 Å². The summed E-state index contributed by atoms with van der Waals surface area (Å²) in [5.74, 6) is 0. The van der Waals surface area contributed by atoms with Gasteiger partial charge in [-0.25, -0.2) is 0 Å². The number of hydrogen-bond acceptors (Lipinski definition) is 6. The van der Waals surface area contributed by atoms with Crippen LogP contribution in [0.1, 0.15) is 120 Å². The molecule has 9 aromatic carbocycles. The normalized spacial score (nSPS) is 18.6. The molecule has 98 heavy (non-hydrogen) atoms. The Hall–Kier alpha value is -9.36. The van der Waals surface area contributed by atoms with Crippen molar-refractivity contribution in [3.05, 3.63) is 351 Å². The summed E-state index contributed by atoms with van der Waals surface area (Å²) in [5, 5.41) is 24.8. The lowest BCUT2D eigenvalue weighted by Gasteiger charge is -2.35. The maximum Gasteiger partial charge on any atom is 0.290 e. The lowest BCUT2D eigenvalue weighted by Crippen LogP contribution is -2.36. The molecule has 15 rings (SSSR count). The Morgan fingerprint density at radius 1 is 0.408 bits per heavy atom. The molecule has 4 heterocycles. The first-order chi connectivity index (χ1) is 47.8. The predicted octanol–water partition coefficient (Wildman–Crippen LogP) is 20.7. The second-order valence-electron chi connectivity index (χ2n) is 28.0. The van der Waals surface area contributed by atoms with E-state index < -0.39 is 10.8 Å². The average Bonchev–Trinajstić information content (AvgIpc) is 1.59. The Labute approximate surface area is 592 Å². The van der Waals surface area contributed by atoms with Crippen LogP contribution in [0.3, 0.4) is 0 Å². The Morgan fingerprint density at radius 2 is 0.724 bits per heavy atom. The Balaban J connectivity index is 0.831. The second-order valence-corrected chi connectivity index (χ2v) is 29.7. The van der Waals surface area contributed by atoms with Crippen LogP contribution in [0.15, 0.2) is 275 Å². The molecule has 2 saturated carbocycles. The number of nitro benzene ring substituents is 2. The first-order valence-electron chi connectivity index (χ1n) is 34.7. The first kappa shape index (κ1) is 64.6. The number of hydrogen-bond donors (Lipinski definition) is 0. The highest BCUT2D eigenvalue weighted by molar-refractivity contribution is 9.11. The van der Waals surface area contributed by atoms with Crippen LogP contribution >= 0.6 is 31.9 Å². The van der Waals surface area contributed by atoms with Crippen molar-refractivity contribution in [2.45, 2.75) is 125 Å². The van der Waals surface area contributed by atoms with Crippen LogP contribution in [0.4, 0.5) is 34.1 Å². The van der Waals surface area contributed by atoms with Gasteiger partial charge in [0, 0.05) is 70.0 Å². The molecule has 0 atom stereocenters. The fraction of sp³-hybridized carbons (Fsp3) is 0.256. The zero-order valence-electron chi connectivity index (χ0n) is 55.6. The molecule has 0 aromatic heterocycles. The van der Waals surface area contributed by atoms with E-state index in [-0.39, 0.29) is 32.1 Å². The third-order valence-electron chi connectivity index (χ3n) is 22.5. The van der Waals surface area contributed by atoms with Gasteiger partial charge in [-0.3, -0.25) is 20.2 Å². The molecule has 10 nitrogen and oxygen atoms in total. The summed E-state index contributed by atoms with van der Waals surface area (Å²) in [5.41, 5.74) is 20.1. The van der Waals surface area contributed by atoms with Gasteiger partial charge in [0.2, 0.25) is 11.4 Å². The van der Waals surface area contributed by atoms with Gasteiger partial charge in [0.1, 0.15) is 14.1 Å². The fourth-order valence-electron chi connectivity index (χ4n) is 18.1. The lowest BCUT2D eigenvalue weighted by atomic mass is 9.67. The SMILES string of the molecule is C[N+]1=C(/C=C/C=C2/N(Cc3ccc(CN4/C(=C/C=C/C5=[N+](C)c6cc([N+](=O)[O-])c(Br)cc6C56CCCCC6)C(Cc5ccccc5)(Cc5ccccc5)c5ccccc54)cc3)c3ccccc3C2(Cc2ccccc2)Cc2ccccc2)C2(CCCCC2)c2cc(Br)c([N+](=O)[O-])cc21. The van der Waals surface area contributed by atoms with Gasteiger partial charge in [-0.05, 0) is 164 Å². The third-order valence-corrected chi connectivity index (χ3v) is 23.8. The van der Waals surface area contributed by atoms with Crippen molar-refractivity contribution in [3.8, 4) is 0 Å². The molecule has 0 radical (unpaired) electrons. The third kappa shape index (κ3) is 11.5. The summed E-state index contributed by atoms with van der Waals surface area (Å²) < 4.78 is 5.49. The number of benzene rings is 9. The van der Waals surface area contributed by atoms with Crippen LogP contribution in [0.5, 0.6) is 0 Å². The molecule has 9 aromatic rings. The molecule has 490 valence electrons. The number of anilines is 2. The van der Waals surface area contributed by atoms with Crippen molar-refractivity contribution in [1.82, 2.24) is 0 Å². The van der Waals surface area contributed by atoms with Crippen molar-refractivity contribution < 1.29 is 19.0 Å². The highest BCUT2D eigenvalue weighted by Gasteiger charge is 2.54. The van der Waals surface area contributed by atoms with E-state index in [2.05, 4.69) is 295 Å². The van der Waals surface area contributed by atoms with Gasteiger partial charge >= 0.3 is 0 Å². The van der Waals surface area contributed by atoms with E-state index in [1.54, 1.807) is 12.1 Å². The van der Waals surface area contributed by atoms with Crippen LogP contribution in [0.2, 0.25) is 0 Å². The average molecular weight is 1420 g/mol. The summed E-state index contributed by atoms with van der Waals surface area (Å²) in [6.07, 6.45) is 27.8. The summed E-state index contributed by atoms with van der Waals surface area (Å²) in [4.78, 5) is 29.4. The standard InChI is InChI=1S/C86H80Br2N6O4/c1-89-75-53-77(93(95)96)71(87)51-69(75)83(47-21-7-22-48-83)79(89)39-25-41-81-85(55-61-27-9-3-10-28-61,56-62-29-11-4-12-30-62)67-35-17-19-37-73(67)91(81)59-65-43-45-66(46-44-65)60-92-74-38-20-18-36-68(74)86(57-63-31-13-5-14-32-63,58-64-33-15-6-16-34-64)82(92)42-26-40-80-84(49-23-8-24-50-84)70-52-72(88)78(94(97)98)54-76(70)90(80)2/h3-6,9-20,25-46,51-54H,7-8,21-24,47-50,55-60H2,1-2H3/q+2. The van der Waals surface area contributed by atoms with Gasteiger partial charge in [-0.2, -0.15) is 9.15 Å². The molecule has 12 heteroatoms. The second kappa shape index (κ2) is 26.8. The number of nitro groups is 2. The number of nitrogens with zero attached hydrogens (tertiary/aromatic N) is 6. The fourth-order valence-corrected chi connectivity index (χ4v) is 19.1. The van der Waals surface area contributed by atoms with Crippen LogP contribution in [-0.4, -0.2) is 44.5 Å². The zero-order valence-corrected chi connectivity index (χ0v) is 58.8. The maximum absolute atomic E-state index is 12.4. The maximum atomic E-state index is 12.4. The largest absolute Gasteiger partial charge is 0.339 e. The van der Waals surface area contributed by atoms with Crippen LogP contribution < -0.4 is 9.80 Å². The Bertz CT molecular complexity index is 4370. The van der Waals surface area contributed by atoms with Crippen LogP contribution in [-0.2, 0) is 60.4 Å². The number of para-hydroxylation sites is 2. The predicted molar refractivity (Wildman–Crippen MR) is 403 cm³/mol. The zero-order chi connectivity index (χ0) is 67.2. The molecule has 6 aliphatic rings. The smallest absolute Gasteiger partial charge is 0.290 e. The van der Waals surface area contributed by atoms with E-state index in [9.17, 15) is 20.2 Å². The van der Waals surface area contributed by atoms with Gasteiger partial charge in [-0.1, -0.05) is 233 Å². The molecule has 0 N–H and O–H groups in total. The monoisotopic (exact) mass is 1420 g/mol. The number of fused-ring (bicyclic) bond motifs is 6. The van der Waals surface area contributed by atoms with Gasteiger partial charge in [0.25, 0.3) is 11.4 Å². The summed E-state index contributed by atoms with van der Waals surface area (Å²) in [6.45, 7) is 1.27. The summed E-state index contributed by atoms with van der Waals surface area (Å²) in [6, 6.07) is 78.9. The van der Waals surface area contributed by atoms with Crippen LogP contribution in [0.25, 0.3) is 0 Å². The first-order valence-corrected chi connectivity index (χ1v) is 36.3. The molecule has 2 spiro atoms. The van der Waals surface area contributed by atoms with Crippen molar-refractivity contribution in [2.24, 2.45) is 0 Å². The molecular formula is C86H80Br2N6O4+2. The van der Waals surface area contributed by atoms with Crippen molar-refractivity contribution in [2.75, 3.05) is 23.9 Å². The van der Waals surface area contributed by atoms with Gasteiger partial charge in [0.05, 0.1) is 41.8 Å². The molecule has 4 aliphatic heterocycles. The minimum absolute atomic E-state index is 0.0822.